The molecule has 3 saturated heterocycles. The number of allylic oxidation sites excluding steroid dienone is 1. The maximum Gasteiger partial charge on any atom is 0.178 e. The maximum absolute atomic E-state index is 13.5. The quantitative estimate of drug-likeness (QED) is 0.0961. The average Bonchev–Trinajstić information content (AvgIpc) is 3.52. The summed E-state index contributed by atoms with van der Waals surface area (Å²) in [6.45, 7) is 18.1. The molecule has 1 aromatic carbocycles. The first-order chi connectivity index (χ1) is 20.9. The molecule has 3 aliphatic heterocycles. The van der Waals surface area contributed by atoms with Crippen molar-refractivity contribution in [2.24, 2.45) is 29.6 Å². The molecule has 4 rings (SSSR count). The van der Waals surface area contributed by atoms with Crippen molar-refractivity contribution in [1.82, 2.24) is 0 Å². The molecule has 3 fully saturated rings. The fourth-order valence-corrected chi connectivity index (χ4v) is 10.7. The number of hydrogen-bond donors (Lipinski definition) is 0. The lowest BCUT2D eigenvalue weighted by Gasteiger charge is -2.42. The molecule has 3 unspecified atom stereocenters. The van der Waals surface area contributed by atoms with Crippen molar-refractivity contribution in [3.05, 3.63) is 42.5 Å². The van der Waals surface area contributed by atoms with Crippen LogP contribution in [-0.2, 0) is 24.0 Å². The molecule has 44 heavy (non-hydrogen) atoms. The maximum atomic E-state index is 13.5. The molecule has 250 valence electrons. The highest BCUT2D eigenvalue weighted by molar-refractivity contribution is 14.1. The molecule has 0 spiro atoms. The van der Waals surface area contributed by atoms with E-state index in [-0.39, 0.29) is 53.5 Å². The van der Waals surface area contributed by atoms with E-state index in [4.69, 9.17) is 14.2 Å². The number of alkyl halides is 1. The van der Waals surface area contributed by atoms with Gasteiger partial charge in [-0.05, 0) is 74.3 Å². The molecule has 3 heterocycles. The van der Waals surface area contributed by atoms with E-state index in [9.17, 15) is 8.42 Å². The third-order valence-electron chi connectivity index (χ3n) is 11.2. The van der Waals surface area contributed by atoms with Gasteiger partial charge >= 0.3 is 0 Å². The summed E-state index contributed by atoms with van der Waals surface area (Å²) in [7, 11) is -3.41. The molecule has 0 amide bonds. The fourth-order valence-electron chi connectivity index (χ4n) is 7.94. The van der Waals surface area contributed by atoms with E-state index in [0.29, 0.717) is 22.8 Å². The summed E-state index contributed by atoms with van der Waals surface area (Å²) in [5.74, 6) is 1.38. The van der Waals surface area contributed by atoms with Gasteiger partial charge in [-0.15, -0.1) is 0 Å². The number of sulfone groups is 1. The Morgan fingerprint density at radius 2 is 1.70 bits per heavy atom. The molecule has 0 saturated carbocycles. The van der Waals surface area contributed by atoms with Crippen LogP contribution >= 0.6 is 22.6 Å². The Bertz CT molecular complexity index is 1160. The van der Waals surface area contributed by atoms with Gasteiger partial charge < -0.3 is 14.2 Å². The Morgan fingerprint density at radius 3 is 2.36 bits per heavy atom. The Morgan fingerprint density at radius 1 is 1.00 bits per heavy atom. The van der Waals surface area contributed by atoms with E-state index >= 15 is 0 Å². The molecule has 3 aliphatic rings. The number of fused-ring (bicyclic) bond motifs is 1. The third-order valence-corrected chi connectivity index (χ3v) is 14.3. The first-order valence-electron chi connectivity index (χ1n) is 17.4. The van der Waals surface area contributed by atoms with Crippen LogP contribution in [0.3, 0.4) is 0 Å². The van der Waals surface area contributed by atoms with Gasteiger partial charge in [-0.25, -0.2) is 8.42 Å². The summed E-state index contributed by atoms with van der Waals surface area (Å²) in [5.41, 5.74) is 1.08. The summed E-state index contributed by atoms with van der Waals surface area (Å²) in [5, 5.41) is 0. The van der Waals surface area contributed by atoms with Crippen molar-refractivity contribution < 1.29 is 22.6 Å². The van der Waals surface area contributed by atoms with Gasteiger partial charge in [0.2, 0.25) is 0 Å². The van der Waals surface area contributed by atoms with Crippen molar-refractivity contribution in [3.63, 3.8) is 0 Å². The van der Waals surface area contributed by atoms with Gasteiger partial charge in [0.1, 0.15) is 5.60 Å². The first kappa shape index (κ1) is 36.4. The standard InChI is InChI=1S/C37H59IO5S/c1-8-10-14-31-22-37(24-38)36(41-31)18-17-30(43-37)20-26(4)28(6)27(5)21-35-33(29(7)34(42-35)19-25(3)9-2)23-44(39,40)32-15-12-11-13-16-32/h11-13,15-16,25-27,29-31,33-36H,6,8-10,14,17-24H2,1-5,7H3/t25?,26-,27-,29-,30?,31+,33-,34-,35?,36+,37-/m1/s1. The van der Waals surface area contributed by atoms with E-state index in [0.717, 1.165) is 55.8 Å². The minimum absolute atomic E-state index is 0.0371. The molecule has 5 nitrogen and oxygen atoms in total. The second-order valence-electron chi connectivity index (χ2n) is 14.5. The smallest absolute Gasteiger partial charge is 0.178 e. The lowest BCUT2D eigenvalue weighted by Crippen LogP contribution is -2.50. The van der Waals surface area contributed by atoms with Crippen molar-refractivity contribution >= 4 is 32.4 Å². The number of hydrogen-bond acceptors (Lipinski definition) is 5. The second-order valence-corrected chi connectivity index (χ2v) is 17.3. The van der Waals surface area contributed by atoms with E-state index < -0.39 is 9.84 Å². The molecule has 0 aliphatic carbocycles. The molecule has 0 aromatic heterocycles. The zero-order valence-corrected chi connectivity index (χ0v) is 31.2. The van der Waals surface area contributed by atoms with Crippen LogP contribution in [0.1, 0.15) is 106 Å². The van der Waals surface area contributed by atoms with Gasteiger partial charge in [0, 0.05) is 16.8 Å². The molecule has 1 aromatic rings. The molecular formula is C37H59IO5S. The van der Waals surface area contributed by atoms with E-state index in [2.05, 4.69) is 70.7 Å². The Hall–Kier alpha value is -0.480. The Labute approximate surface area is 282 Å². The zero-order chi connectivity index (χ0) is 32.1. The predicted octanol–water partition coefficient (Wildman–Crippen LogP) is 9.23. The van der Waals surface area contributed by atoms with Gasteiger partial charge in [-0.1, -0.05) is 114 Å². The van der Waals surface area contributed by atoms with E-state index in [1.807, 2.05) is 6.07 Å². The van der Waals surface area contributed by atoms with Gasteiger partial charge in [-0.3, -0.25) is 0 Å². The number of rotatable bonds is 16. The van der Waals surface area contributed by atoms with Gasteiger partial charge in [0.05, 0.1) is 41.2 Å². The monoisotopic (exact) mass is 742 g/mol. The number of unbranched alkanes of at least 4 members (excludes halogenated alkanes) is 1. The Kier molecular flexibility index (Phi) is 13.3. The van der Waals surface area contributed by atoms with Crippen LogP contribution in [0.2, 0.25) is 0 Å². The highest BCUT2D eigenvalue weighted by Crippen LogP contribution is 2.46. The molecule has 0 N–H and O–H groups in total. The van der Waals surface area contributed by atoms with Crippen LogP contribution < -0.4 is 0 Å². The van der Waals surface area contributed by atoms with E-state index in [1.165, 1.54) is 18.4 Å². The van der Waals surface area contributed by atoms with Crippen LogP contribution in [0.25, 0.3) is 0 Å². The molecule has 7 heteroatoms. The lowest BCUT2D eigenvalue weighted by molar-refractivity contribution is -0.155. The SMILES string of the molecule is C=C([C@H](C)CC1CC[C@@H]2O[C@@H](CCCC)C[C@]2(CI)O1)[C@H](C)CC1O[C@H](CC(C)CC)[C@H](C)[C@H]1CS(=O)(=O)c1ccccc1. The highest BCUT2D eigenvalue weighted by atomic mass is 127. The minimum Gasteiger partial charge on any atom is -0.374 e. The normalized spacial score (nSPS) is 34.4. The van der Waals surface area contributed by atoms with Crippen molar-refractivity contribution in [1.29, 1.82) is 0 Å². The van der Waals surface area contributed by atoms with Crippen molar-refractivity contribution in [2.75, 3.05) is 10.2 Å². The average molecular weight is 743 g/mol. The van der Waals surface area contributed by atoms with Gasteiger partial charge in [0.25, 0.3) is 0 Å². The topological polar surface area (TPSA) is 61.8 Å². The van der Waals surface area contributed by atoms with Crippen LogP contribution in [0.15, 0.2) is 47.4 Å². The van der Waals surface area contributed by atoms with E-state index in [1.54, 1.807) is 24.3 Å². The molecule has 0 bridgehead atoms. The van der Waals surface area contributed by atoms with Crippen LogP contribution in [-0.4, -0.2) is 54.7 Å². The van der Waals surface area contributed by atoms with Gasteiger partial charge in [0.15, 0.2) is 9.84 Å². The molecular weight excluding hydrogens is 683 g/mol. The predicted molar refractivity (Wildman–Crippen MR) is 189 cm³/mol. The summed E-state index contributed by atoms with van der Waals surface area (Å²) >= 11 is 2.51. The third kappa shape index (κ3) is 8.70. The highest BCUT2D eigenvalue weighted by Gasteiger charge is 2.52. The van der Waals surface area contributed by atoms with Crippen LogP contribution in [0, 0.1) is 29.6 Å². The summed E-state index contributed by atoms with van der Waals surface area (Å²) in [6, 6.07) is 8.91. The zero-order valence-electron chi connectivity index (χ0n) is 28.2. The lowest BCUT2D eigenvalue weighted by atomic mass is 9.79. The second kappa shape index (κ2) is 16.1. The largest absolute Gasteiger partial charge is 0.374 e. The molecule has 11 atom stereocenters. The Balaban J connectivity index is 1.40. The van der Waals surface area contributed by atoms with Crippen LogP contribution in [0.4, 0.5) is 0 Å². The van der Waals surface area contributed by atoms with Crippen molar-refractivity contribution in [2.45, 2.75) is 147 Å². The number of benzene rings is 1. The van der Waals surface area contributed by atoms with Gasteiger partial charge in [-0.2, -0.15) is 0 Å². The molecule has 0 radical (unpaired) electrons. The first-order valence-corrected chi connectivity index (χ1v) is 20.6. The minimum atomic E-state index is -3.41. The summed E-state index contributed by atoms with van der Waals surface area (Å²) < 4.78 is 48.2. The summed E-state index contributed by atoms with van der Waals surface area (Å²) in [6.07, 6.45) is 11.3. The summed E-state index contributed by atoms with van der Waals surface area (Å²) in [4.78, 5) is 0.408. The van der Waals surface area contributed by atoms with Crippen LogP contribution in [0.5, 0.6) is 0 Å². The fraction of sp³-hybridized carbons (Fsp3) is 0.784. The number of halogens is 1. The van der Waals surface area contributed by atoms with Crippen molar-refractivity contribution in [3.8, 4) is 0 Å². The number of ether oxygens (including phenoxy) is 3.